The largest absolute Gasteiger partial charge is 0.318 e. The third-order valence-electron chi connectivity index (χ3n) is 3.80. The van der Waals surface area contributed by atoms with Crippen molar-refractivity contribution in [3.05, 3.63) is 76.5 Å². The zero-order chi connectivity index (χ0) is 14.8. The van der Waals surface area contributed by atoms with Gasteiger partial charge < -0.3 is 4.57 Å². The molecule has 0 spiro atoms. The molecule has 0 fully saturated rings. The average Bonchev–Trinajstić information content (AvgIpc) is 2.99. The Morgan fingerprint density at radius 1 is 1.14 bits per heavy atom. The molecule has 0 unspecified atom stereocenters. The molecule has 0 aliphatic heterocycles. The molecule has 2 aromatic heterocycles. The quantitative estimate of drug-likeness (QED) is 0.801. The van der Waals surface area contributed by atoms with E-state index in [2.05, 4.69) is 29.3 Å². The molecule has 0 amide bonds. The van der Waals surface area contributed by atoms with Crippen LogP contribution in [0.3, 0.4) is 0 Å². The predicted octanol–water partition coefficient (Wildman–Crippen LogP) is 2.93. The highest BCUT2D eigenvalue weighted by atomic mass is 16.1. The molecule has 0 aliphatic rings. The van der Waals surface area contributed by atoms with Crippen LogP contribution in [0.15, 0.2) is 59.7 Å². The fourth-order valence-electron chi connectivity index (χ4n) is 2.52. The summed E-state index contributed by atoms with van der Waals surface area (Å²) < 4.78 is 1.58. The fourth-order valence-corrected chi connectivity index (χ4v) is 2.52. The lowest BCUT2D eigenvalue weighted by Gasteiger charge is -2.13. The third-order valence-corrected chi connectivity index (χ3v) is 3.80. The first-order valence-corrected chi connectivity index (χ1v) is 6.92. The van der Waals surface area contributed by atoms with Gasteiger partial charge in [-0.3, -0.25) is 9.89 Å². The van der Waals surface area contributed by atoms with Crippen LogP contribution in [0.4, 0.5) is 0 Å². The highest BCUT2D eigenvalue weighted by Crippen LogP contribution is 2.30. The van der Waals surface area contributed by atoms with E-state index in [4.69, 9.17) is 0 Å². The molecule has 0 saturated carbocycles. The Labute approximate surface area is 123 Å². The molecule has 1 atom stereocenters. The first-order chi connectivity index (χ1) is 10.2. The highest BCUT2D eigenvalue weighted by molar-refractivity contribution is 5.65. The zero-order valence-electron chi connectivity index (χ0n) is 12.1. The van der Waals surface area contributed by atoms with Crippen LogP contribution >= 0.6 is 0 Å². The maximum atomic E-state index is 11.5. The Bertz CT molecular complexity index is 802. The SMILES string of the molecule is C[C@H](c1ccccc1)c1[nH]ncc1-c1ccc(=O)n(C)c1. The molecule has 4 nitrogen and oxygen atoms in total. The van der Waals surface area contributed by atoms with Gasteiger partial charge in [-0.15, -0.1) is 0 Å². The van der Waals surface area contributed by atoms with Gasteiger partial charge in [-0.25, -0.2) is 0 Å². The number of H-pyrrole nitrogens is 1. The van der Waals surface area contributed by atoms with Crippen molar-refractivity contribution in [1.29, 1.82) is 0 Å². The molecule has 4 heteroatoms. The second-order valence-corrected chi connectivity index (χ2v) is 5.20. The number of hydrogen-bond acceptors (Lipinski definition) is 2. The van der Waals surface area contributed by atoms with Crippen molar-refractivity contribution in [3.63, 3.8) is 0 Å². The molecule has 2 heterocycles. The summed E-state index contributed by atoms with van der Waals surface area (Å²) in [7, 11) is 1.76. The molecule has 106 valence electrons. The van der Waals surface area contributed by atoms with Crippen LogP contribution in [0.5, 0.6) is 0 Å². The van der Waals surface area contributed by atoms with Crippen LogP contribution in [0.2, 0.25) is 0 Å². The Balaban J connectivity index is 2.05. The van der Waals surface area contributed by atoms with Gasteiger partial charge in [0.25, 0.3) is 0 Å². The minimum Gasteiger partial charge on any atom is -0.318 e. The summed E-state index contributed by atoms with van der Waals surface area (Å²) in [5.74, 6) is 0.209. The first kappa shape index (κ1) is 13.4. The standard InChI is InChI=1S/C17H17N3O/c1-12(13-6-4-3-5-7-13)17-15(10-18-19-17)14-8-9-16(21)20(2)11-14/h3-12H,1-2H3,(H,18,19)/t12-/m1/s1. The summed E-state index contributed by atoms with van der Waals surface area (Å²) in [4.78, 5) is 11.5. The van der Waals surface area contributed by atoms with Gasteiger partial charge in [-0.05, 0) is 11.6 Å². The molecule has 21 heavy (non-hydrogen) atoms. The molecule has 0 radical (unpaired) electrons. The minimum atomic E-state index is -0.0140. The van der Waals surface area contributed by atoms with Gasteiger partial charge in [0.1, 0.15) is 0 Å². The van der Waals surface area contributed by atoms with Gasteiger partial charge in [0, 0.05) is 36.4 Å². The topological polar surface area (TPSA) is 50.7 Å². The predicted molar refractivity (Wildman–Crippen MR) is 83.2 cm³/mol. The Morgan fingerprint density at radius 3 is 2.62 bits per heavy atom. The zero-order valence-corrected chi connectivity index (χ0v) is 12.1. The first-order valence-electron chi connectivity index (χ1n) is 6.92. The maximum Gasteiger partial charge on any atom is 0.250 e. The number of hydrogen-bond donors (Lipinski definition) is 1. The lowest BCUT2D eigenvalue weighted by atomic mass is 9.93. The van der Waals surface area contributed by atoms with Crippen molar-refractivity contribution in [3.8, 4) is 11.1 Å². The van der Waals surface area contributed by atoms with Gasteiger partial charge in [-0.2, -0.15) is 5.10 Å². The lowest BCUT2D eigenvalue weighted by Crippen LogP contribution is -2.14. The Morgan fingerprint density at radius 2 is 1.90 bits per heavy atom. The summed E-state index contributed by atoms with van der Waals surface area (Å²) in [6.07, 6.45) is 3.66. The summed E-state index contributed by atoms with van der Waals surface area (Å²) in [6.45, 7) is 2.15. The number of aromatic amines is 1. The van der Waals surface area contributed by atoms with Crippen molar-refractivity contribution in [2.24, 2.45) is 7.05 Å². The second-order valence-electron chi connectivity index (χ2n) is 5.20. The Hall–Kier alpha value is -2.62. The summed E-state index contributed by atoms with van der Waals surface area (Å²) in [6, 6.07) is 13.7. The van der Waals surface area contributed by atoms with Crippen LogP contribution in [0, 0.1) is 0 Å². The summed E-state index contributed by atoms with van der Waals surface area (Å²) in [5.41, 5.74) is 4.29. The van der Waals surface area contributed by atoms with E-state index in [1.807, 2.05) is 36.7 Å². The molecule has 1 aromatic carbocycles. The van der Waals surface area contributed by atoms with Gasteiger partial charge in [0.15, 0.2) is 0 Å². The van der Waals surface area contributed by atoms with E-state index in [9.17, 15) is 4.79 Å². The van der Waals surface area contributed by atoms with Crippen LogP contribution in [0.25, 0.3) is 11.1 Å². The molecule has 3 rings (SSSR count). The van der Waals surface area contributed by atoms with E-state index in [1.54, 1.807) is 17.7 Å². The number of aryl methyl sites for hydroxylation is 1. The summed E-state index contributed by atoms with van der Waals surface area (Å²) in [5, 5.41) is 7.28. The number of benzene rings is 1. The average molecular weight is 279 g/mol. The molecule has 0 aliphatic carbocycles. The fraction of sp³-hybridized carbons (Fsp3) is 0.176. The number of nitrogens with zero attached hydrogens (tertiary/aromatic N) is 2. The van der Waals surface area contributed by atoms with E-state index >= 15 is 0 Å². The van der Waals surface area contributed by atoms with Crippen molar-refractivity contribution in [1.82, 2.24) is 14.8 Å². The van der Waals surface area contributed by atoms with Crippen LogP contribution in [-0.4, -0.2) is 14.8 Å². The number of aromatic nitrogens is 3. The monoisotopic (exact) mass is 279 g/mol. The van der Waals surface area contributed by atoms with Gasteiger partial charge in [0.05, 0.1) is 11.9 Å². The normalized spacial score (nSPS) is 12.3. The van der Waals surface area contributed by atoms with Crippen molar-refractivity contribution in [2.45, 2.75) is 12.8 Å². The minimum absolute atomic E-state index is 0.0140. The second kappa shape index (κ2) is 5.40. The van der Waals surface area contributed by atoms with E-state index in [0.29, 0.717) is 0 Å². The van der Waals surface area contributed by atoms with Crippen LogP contribution in [0.1, 0.15) is 24.1 Å². The van der Waals surface area contributed by atoms with E-state index in [-0.39, 0.29) is 11.5 Å². The van der Waals surface area contributed by atoms with Crippen LogP contribution < -0.4 is 5.56 Å². The van der Waals surface area contributed by atoms with E-state index in [0.717, 1.165) is 16.8 Å². The van der Waals surface area contributed by atoms with Crippen LogP contribution in [-0.2, 0) is 7.05 Å². The molecule has 3 aromatic rings. The van der Waals surface area contributed by atoms with Crippen molar-refractivity contribution >= 4 is 0 Å². The number of pyridine rings is 1. The van der Waals surface area contributed by atoms with Gasteiger partial charge >= 0.3 is 0 Å². The molecular formula is C17H17N3O. The molecular weight excluding hydrogens is 262 g/mol. The van der Waals surface area contributed by atoms with E-state index < -0.39 is 0 Å². The number of nitrogens with one attached hydrogen (secondary N) is 1. The van der Waals surface area contributed by atoms with Gasteiger partial charge in [0.2, 0.25) is 5.56 Å². The maximum absolute atomic E-state index is 11.5. The van der Waals surface area contributed by atoms with E-state index in [1.165, 1.54) is 5.56 Å². The van der Waals surface area contributed by atoms with Crippen molar-refractivity contribution < 1.29 is 0 Å². The smallest absolute Gasteiger partial charge is 0.250 e. The van der Waals surface area contributed by atoms with Crippen molar-refractivity contribution in [2.75, 3.05) is 0 Å². The Kier molecular flexibility index (Phi) is 3.44. The highest BCUT2D eigenvalue weighted by Gasteiger charge is 2.16. The molecule has 0 saturated heterocycles. The van der Waals surface area contributed by atoms with Gasteiger partial charge in [-0.1, -0.05) is 37.3 Å². The lowest BCUT2D eigenvalue weighted by molar-refractivity contribution is 0.849. The summed E-state index contributed by atoms with van der Waals surface area (Å²) >= 11 is 0. The molecule has 1 N–H and O–H groups in total. The number of rotatable bonds is 3. The third kappa shape index (κ3) is 2.52. The molecule has 0 bridgehead atoms.